The van der Waals surface area contributed by atoms with E-state index in [1.165, 1.54) is 0 Å². The molecular weight excluding hydrogens is 258 g/mol. The van der Waals surface area contributed by atoms with E-state index in [-0.39, 0.29) is 5.78 Å². The molecule has 2 aromatic rings. The van der Waals surface area contributed by atoms with Crippen molar-refractivity contribution < 1.29 is 4.79 Å². The molecule has 0 spiro atoms. The fourth-order valence-corrected chi connectivity index (χ4v) is 2.52. The molecule has 0 heterocycles. The van der Waals surface area contributed by atoms with Crippen LogP contribution < -0.4 is 0 Å². The second kappa shape index (κ2) is 7.75. The zero-order valence-electron chi connectivity index (χ0n) is 12.9. The fraction of sp³-hybridized carbons (Fsp3) is 0.316. The van der Waals surface area contributed by atoms with Gasteiger partial charge in [-0.1, -0.05) is 68.4 Å². The van der Waals surface area contributed by atoms with Crippen molar-refractivity contribution in [2.45, 2.75) is 20.3 Å². The van der Waals surface area contributed by atoms with Crippen LogP contribution in [-0.4, -0.2) is 30.3 Å². The van der Waals surface area contributed by atoms with Crippen molar-refractivity contribution in [3.63, 3.8) is 0 Å². The van der Waals surface area contributed by atoms with E-state index in [4.69, 9.17) is 0 Å². The first-order valence-electron chi connectivity index (χ1n) is 7.66. The Bertz CT molecular complexity index is 573. The molecule has 0 amide bonds. The number of nitrogens with zero attached hydrogens (tertiary/aromatic N) is 1. The summed E-state index contributed by atoms with van der Waals surface area (Å²) in [4.78, 5) is 15.0. The standard InChI is InChI=1S/C19H23NO/c1-3-20(4-2)15-14-16-10-8-9-13-18(16)19(21)17-11-6-5-7-12-17/h5-13H,3-4,14-15H2,1-2H3. The summed E-state index contributed by atoms with van der Waals surface area (Å²) in [6, 6.07) is 17.5. The minimum Gasteiger partial charge on any atom is -0.304 e. The molecule has 2 rings (SSSR count). The Hall–Kier alpha value is -1.93. The number of carbonyl (C=O) groups excluding carboxylic acids is 1. The third-order valence-electron chi connectivity index (χ3n) is 3.89. The van der Waals surface area contributed by atoms with Gasteiger partial charge in [0.25, 0.3) is 0 Å². The minimum atomic E-state index is 0.116. The maximum absolute atomic E-state index is 12.6. The predicted octanol–water partition coefficient (Wildman–Crippen LogP) is 3.80. The lowest BCUT2D eigenvalue weighted by Gasteiger charge is -2.18. The molecule has 0 fully saturated rings. The van der Waals surface area contributed by atoms with Crippen molar-refractivity contribution in [3.05, 3.63) is 71.3 Å². The van der Waals surface area contributed by atoms with Gasteiger partial charge in [0.15, 0.2) is 5.78 Å². The van der Waals surface area contributed by atoms with Crippen LogP contribution >= 0.6 is 0 Å². The van der Waals surface area contributed by atoms with Crippen molar-refractivity contribution in [2.75, 3.05) is 19.6 Å². The monoisotopic (exact) mass is 281 g/mol. The zero-order chi connectivity index (χ0) is 15.1. The second-order valence-electron chi connectivity index (χ2n) is 5.13. The van der Waals surface area contributed by atoms with E-state index in [1.807, 2.05) is 48.5 Å². The SMILES string of the molecule is CCN(CC)CCc1ccccc1C(=O)c1ccccc1. The quantitative estimate of drug-likeness (QED) is 0.719. The van der Waals surface area contributed by atoms with Gasteiger partial charge in [0, 0.05) is 17.7 Å². The Labute approximate surface area is 127 Å². The summed E-state index contributed by atoms with van der Waals surface area (Å²) < 4.78 is 0. The molecule has 0 aliphatic rings. The molecule has 2 heteroatoms. The summed E-state index contributed by atoms with van der Waals surface area (Å²) in [6.45, 7) is 7.43. The molecular formula is C19H23NO. The van der Waals surface area contributed by atoms with Gasteiger partial charge in [0.05, 0.1) is 0 Å². The molecule has 0 unspecified atom stereocenters. The van der Waals surface area contributed by atoms with Crippen LogP contribution in [0.4, 0.5) is 0 Å². The number of rotatable bonds is 7. The highest BCUT2D eigenvalue weighted by atomic mass is 16.1. The third-order valence-corrected chi connectivity index (χ3v) is 3.89. The largest absolute Gasteiger partial charge is 0.304 e. The highest BCUT2D eigenvalue weighted by Gasteiger charge is 2.13. The number of likely N-dealkylation sites (N-methyl/N-ethyl adjacent to an activating group) is 1. The predicted molar refractivity (Wildman–Crippen MR) is 87.8 cm³/mol. The van der Waals surface area contributed by atoms with Gasteiger partial charge in [-0.25, -0.2) is 0 Å². The summed E-state index contributed by atoms with van der Waals surface area (Å²) in [7, 11) is 0. The van der Waals surface area contributed by atoms with Crippen LogP contribution in [0.15, 0.2) is 54.6 Å². The maximum atomic E-state index is 12.6. The third kappa shape index (κ3) is 4.02. The van der Waals surface area contributed by atoms with Crippen LogP contribution in [0.1, 0.15) is 35.3 Å². The van der Waals surface area contributed by atoms with Crippen LogP contribution in [0.3, 0.4) is 0 Å². The van der Waals surface area contributed by atoms with Crippen LogP contribution in [0.5, 0.6) is 0 Å². The fourth-order valence-electron chi connectivity index (χ4n) is 2.52. The van der Waals surface area contributed by atoms with Gasteiger partial charge in [-0.2, -0.15) is 0 Å². The first-order valence-corrected chi connectivity index (χ1v) is 7.66. The summed E-state index contributed by atoms with van der Waals surface area (Å²) in [5.74, 6) is 0.116. The number of benzene rings is 2. The van der Waals surface area contributed by atoms with E-state index in [1.54, 1.807) is 0 Å². The van der Waals surface area contributed by atoms with Gasteiger partial charge in [0.2, 0.25) is 0 Å². The molecule has 110 valence electrons. The Morgan fingerprint density at radius 1 is 0.905 bits per heavy atom. The summed E-state index contributed by atoms with van der Waals surface area (Å²) in [6.07, 6.45) is 0.913. The topological polar surface area (TPSA) is 20.3 Å². The Morgan fingerprint density at radius 2 is 1.52 bits per heavy atom. The Kier molecular flexibility index (Phi) is 5.70. The van der Waals surface area contributed by atoms with Gasteiger partial charge >= 0.3 is 0 Å². The van der Waals surface area contributed by atoms with Gasteiger partial charge in [-0.15, -0.1) is 0 Å². The zero-order valence-corrected chi connectivity index (χ0v) is 12.9. The van der Waals surface area contributed by atoms with E-state index >= 15 is 0 Å². The van der Waals surface area contributed by atoms with Crippen LogP contribution in [0, 0.1) is 0 Å². The molecule has 2 nitrogen and oxygen atoms in total. The smallest absolute Gasteiger partial charge is 0.193 e. The van der Waals surface area contributed by atoms with Gasteiger partial charge in [-0.05, 0) is 25.1 Å². The first-order chi connectivity index (χ1) is 10.3. The lowest BCUT2D eigenvalue weighted by atomic mass is 9.96. The minimum absolute atomic E-state index is 0.116. The van der Waals surface area contributed by atoms with Crippen molar-refractivity contribution in [2.24, 2.45) is 0 Å². The van der Waals surface area contributed by atoms with Crippen molar-refractivity contribution >= 4 is 5.78 Å². The van der Waals surface area contributed by atoms with Crippen molar-refractivity contribution in [1.82, 2.24) is 4.90 Å². The maximum Gasteiger partial charge on any atom is 0.193 e. The van der Waals surface area contributed by atoms with Gasteiger partial charge < -0.3 is 4.90 Å². The number of carbonyl (C=O) groups is 1. The normalized spacial score (nSPS) is 10.8. The second-order valence-corrected chi connectivity index (χ2v) is 5.13. The lowest BCUT2D eigenvalue weighted by Crippen LogP contribution is -2.25. The van der Waals surface area contributed by atoms with Crippen LogP contribution in [-0.2, 0) is 6.42 Å². The molecule has 0 aliphatic carbocycles. The first kappa shape index (κ1) is 15.5. The number of ketones is 1. The van der Waals surface area contributed by atoms with Gasteiger partial charge in [0.1, 0.15) is 0 Å². The Balaban J connectivity index is 2.19. The van der Waals surface area contributed by atoms with Crippen molar-refractivity contribution in [3.8, 4) is 0 Å². The average molecular weight is 281 g/mol. The molecule has 21 heavy (non-hydrogen) atoms. The molecule has 2 aromatic carbocycles. The summed E-state index contributed by atoms with van der Waals surface area (Å²) in [5.41, 5.74) is 2.72. The molecule has 0 aliphatic heterocycles. The highest BCUT2D eigenvalue weighted by Crippen LogP contribution is 2.15. The molecule has 0 aromatic heterocycles. The lowest BCUT2D eigenvalue weighted by molar-refractivity contribution is 0.103. The Morgan fingerprint density at radius 3 is 2.19 bits per heavy atom. The molecule has 0 bridgehead atoms. The van der Waals surface area contributed by atoms with Crippen LogP contribution in [0.2, 0.25) is 0 Å². The number of hydrogen-bond donors (Lipinski definition) is 0. The van der Waals surface area contributed by atoms with E-state index < -0.39 is 0 Å². The molecule has 0 atom stereocenters. The van der Waals surface area contributed by atoms with E-state index in [0.717, 1.165) is 42.7 Å². The van der Waals surface area contributed by atoms with E-state index in [2.05, 4.69) is 24.8 Å². The summed E-state index contributed by atoms with van der Waals surface area (Å²) >= 11 is 0. The average Bonchev–Trinajstić information content (AvgIpc) is 2.56. The van der Waals surface area contributed by atoms with E-state index in [9.17, 15) is 4.79 Å². The molecule has 0 N–H and O–H groups in total. The van der Waals surface area contributed by atoms with Crippen molar-refractivity contribution in [1.29, 1.82) is 0 Å². The number of hydrogen-bond acceptors (Lipinski definition) is 2. The molecule has 0 saturated carbocycles. The van der Waals surface area contributed by atoms with Crippen LogP contribution in [0.25, 0.3) is 0 Å². The molecule has 0 radical (unpaired) electrons. The van der Waals surface area contributed by atoms with E-state index in [0.29, 0.717) is 0 Å². The molecule has 0 saturated heterocycles. The highest BCUT2D eigenvalue weighted by molar-refractivity contribution is 6.09. The summed E-state index contributed by atoms with van der Waals surface area (Å²) in [5, 5.41) is 0. The van der Waals surface area contributed by atoms with Gasteiger partial charge in [-0.3, -0.25) is 4.79 Å².